The van der Waals surface area contributed by atoms with Crippen LogP contribution >= 0.6 is 0 Å². The second-order valence-electron chi connectivity index (χ2n) is 4.25. The molecule has 1 N–H and O–H groups in total. The number of aliphatic hydroxyl groups is 1. The zero-order valence-electron chi connectivity index (χ0n) is 10.9. The summed E-state index contributed by atoms with van der Waals surface area (Å²) >= 11 is 0. The predicted octanol–water partition coefficient (Wildman–Crippen LogP) is 2.63. The van der Waals surface area contributed by atoms with Gasteiger partial charge in [-0.1, -0.05) is 13.8 Å². The van der Waals surface area contributed by atoms with E-state index in [1.807, 2.05) is 4.90 Å². The Morgan fingerprint density at radius 2 is 2.00 bits per heavy atom. The van der Waals surface area contributed by atoms with E-state index in [0.717, 1.165) is 12.8 Å². The second kappa shape index (κ2) is 7.11. The highest BCUT2D eigenvalue weighted by molar-refractivity contribution is 5.77. The smallest absolute Gasteiger partial charge is 0.150 e. The van der Waals surface area contributed by atoms with Crippen LogP contribution in [-0.4, -0.2) is 30.6 Å². The molecule has 0 heterocycles. The van der Waals surface area contributed by atoms with E-state index < -0.39 is 5.82 Å². The summed E-state index contributed by atoms with van der Waals surface area (Å²) in [6.45, 7) is 4.55. The minimum atomic E-state index is -0.427. The zero-order valence-corrected chi connectivity index (χ0v) is 10.9. The third kappa shape index (κ3) is 3.53. The number of halogens is 1. The molecule has 0 aliphatic heterocycles. The van der Waals surface area contributed by atoms with Gasteiger partial charge in [0.05, 0.1) is 6.61 Å². The predicted molar refractivity (Wildman–Crippen MR) is 70.6 cm³/mol. The molecule has 0 saturated carbocycles. The first-order valence-electron chi connectivity index (χ1n) is 6.29. The molecule has 0 aromatic heterocycles. The Kier molecular flexibility index (Phi) is 5.78. The Balaban J connectivity index is 3.11. The number of benzene rings is 1. The standard InChI is InChI=1S/C14H20FNO2/c1-3-13(4-2)16(5-6-17)14-8-11(10-18)7-12(15)9-14/h7-10,13,17H,3-6H2,1-2H3. The van der Waals surface area contributed by atoms with Crippen LogP contribution in [0.25, 0.3) is 0 Å². The summed E-state index contributed by atoms with van der Waals surface area (Å²) in [5.41, 5.74) is 0.971. The third-order valence-electron chi connectivity index (χ3n) is 3.10. The van der Waals surface area contributed by atoms with Crippen molar-refractivity contribution in [1.29, 1.82) is 0 Å². The maximum atomic E-state index is 13.4. The highest BCUT2D eigenvalue weighted by Gasteiger charge is 2.16. The van der Waals surface area contributed by atoms with Crippen LogP contribution < -0.4 is 4.90 Å². The van der Waals surface area contributed by atoms with E-state index in [0.29, 0.717) is 24.1 Å². The van der Waals surface area contributed by atoms with Crippen molar-refractivity contribution in [3.8, 4) is 0 Å². The minimum Gasteiger partial charge on any atom is -0.395 e. The summed E-state index contributed by atoms with van der Waals surface area (Å²) in [5.74, 6) is -0.427. The van der Waals surface area contributed by atoms with Gasteiger partial charge in [-0.05, 0) is 31.0 Å². The summed E-state index contributed by atoms with van der Waals surface area (Å²) in [5, 5.41) is 9.13. The third-order valence-corrected chi connectivity index (χ3v) is 3.10. The van der Waals surface area contributed by atoms with E-state index >= 15 is 0 Å². The number of carbonyl (C=O) groups excluding carboxylic acids is 1. The van der Waals surface area contributed by atoms with Crippen LogP contribution in [0.15, 0.2) is 18.2 Å². The Hall–Kier alpha value is -1.42. The monoisotopic (exact) mass is 253 g/mol. The normalized spacial score (nSPS) is 10.7. The van der Waals surface area contributed by atoms with Gasteiger partial charge in [-0.2, -0.15) is 0 Å². The molecule has 0 aliphatic rings. The lowest BCUT2D eigenvalue weighted by molar-refractivity contribution is 0.112. The Morgan fingerprint density at radius 1 is 1.33 bits per heavy atom. The van der Waals surface area contributed by atoms with Crippen LogP contribution in [0, 0.1) is 5.82 Å². The van der Waals surface area contributed by atoms with Gasteiger partial charge in [0.25, 0.3) is 0 Å². The summed E-state index contributed by atoms with van der Waals surface area (Å²) in [6.07, 6.45) is 2.45. The molecule has 3 nitrogen and oxygen atoms in total. The van der Waals surface area contributed by atoms with E-state index in [2.05, 4.69) is 13.8 Å². The fourth-order valence-electron chi connectivity index (χ4n) is 2.19. The van der Waals surface area contributed by atoms with Gasteiger partial charge in [0, 0.05) is 23.8 Å². The number of hydrogen-bond acceptors (Lipinski definition) is 3. The zero-order chi connectivity index (χ0) is 13.5. The van der Waals surface area contributed by atoms with Crippen molar-refractivity contribution in [2.75, 3.05) is 18.1 Å². The van der Waals surface area contributed by atoms with Gasteiger partial charge >= 0.3 is 0 Å². The van der Waals surface area contributed by atoms with Gasteiger partial charge in [-0.15, -0.1) is 0 Å². The topological polar surface area (TPSA) is 40.5 Å². The van der Waals surface area contributed by atoms with Gasteiger partial charge in [0.15, 0.2) is 0 Å². The Bertz CT molecular complexity index is 391. The highest BCUT2D eigenvalue weighted by atomic mass is 19.1. The van der Waals surface area contributed by atoms with E-state index in [1.165, 1.54) is 12.1 Å². The van der Waals surface area contributed by atoms with Crippen LogP contribution in [-0.2, 0) is 0 Å². The number of hydrogen-bond donors (Lipinski definition) is 1. The van der Waals surface area contributed by atoms with Gasteiger partial charge in [0.1, 0.15) is 12.1 Å². The summed E-state index contributed by atoms with van der Waals surface area (Å²) < 4.78 is 13.4. The first-order chi connectivity index (χ1) is 8.65. The largest absolute Gasteiger partial charge is 0.395 e. The average Bonchev–Trinajstić information content (AvgIpc) is 2.38. The molecule has 1 aromatic carbocycles. The Morgan fingerprint density at radius 3 is 2.50 bits per heavy atom. The molecule has 0 amide bonds. The molecule has 1 rings (SSSR count). The molecule has 0 spiro atoms. The molecule has 100 valence electrons. The minimum absolute atomic E-state index is 0.00341. The first-order valence-corrected chi connectivity index (χ1v) is 6.29. The van der Waals surface area contributed by atoms with E-state index in [9.17, 15) is 9.18 Å². The summed E-state index contributed by atoms with van der Waals surface area (Å²) in [6, 6.07) is 4.50. The molecule has 0 radical (unpaired) electrons. The average molecular weight is 253 g/mol. The van der Waals surface area contributed by atoms with Crippen molar-refractivity contribution in [2.24, 2.45) is 0 Å². The van der Waals surface area contributed by atoms with Crippen LogP contribution in [0.4, 0.5) is 10.1 Å². The molecule has 0 aliphatic carbocycles. The van der Waals surface area contributed by atoms with Crippen molar-refractivity contribution in [2.45, 2.75) is 32.7 Å². The van der Waals surface area contributed by atoms with Crippen LogP contribution in [0.1, 0.15) is 37.0 Å². The number of rotatable bonds is 7. The summed E-state index contributed by atoms with van der Waals surface area (Å²) in [4.78, 5) is 12.7. The molecule has 0 unspecified atom stereocenters. The molecular weight excluding hydrogens is 233 g/mol. The summed E-state index contributed by atoms with van der Waals surface area (Å²) in [7, 11) is 0. The van der Waals surface area contributed by atoms with Crippen molar-refractivity contribution in [3.05, 3.63) is 29.6 Å². The van der Waals surface area contributed by atoms with E-state index in [-0.39, 0.29) is 12.6 Å². The van der Waals surface area contributed by atoms with Crippen molar-refractivity contribution >= 4 is 12.0 Å². The maximum absolute atomic E-state index is 13.4. The first kappa shape index (κ1) is 14.6. The second-order valence-corrected chi connectivity index (χ2v) is 4.25. The van der Waals surface area contributed by atoms with Crippen LogP contribution in [0.5, 0.6) is 0 Å². The van der Waals surface area contributed by atoms with Crippen LogP contribution in [0.2, 0.25) is 0 Å². The molecule has 4 heteroatoms. The lowest BCUT2D eigenvalue weighted by atomic mass is 10.1. The number of aldehydes is 1. The molecule has 1 aromatic rings. The van der Waals surface area contributed by atoms with Crippen molar-refractivity contribution < 1.29 is 14.3 Å². The number of nitrogens with zero attached hydrogens (tertiary/aromatic N) is 1. The SMILES string of the molecule is CCC(CC)N(CCO)c1cc(F)cc(C=O)c1. The fraction of sp³-hybridized carbons (Fsp3) is 0.500. The lowest BCUT2D eigenvalue weighted by Gasteiger charge is -2.32. The molecule has 18 heavy (non-hydrogen) atoms. The van der Waals surface area contributed by atoms with Gasteiger partial charge < -0.3 is 10.0 Å². The molecular formula is C14H20FNO2. The quantitative estimate of drug-likeness (QED) is 0.759. The number of aliphatic hydroxyl groups excluding tert-OH is 1. The lowest BCUT2D eigenvalue weighted by Crippen LogP contribution is -2.36. The van der Waals surface area contributed by atoms with E-state index in [1.54, 1.807) is 6.07 Å². The van der Waals surface area contributed by atoms with E-state index in [4.69, 9.17) is 5.11 Å². The van der Waals surface area contributed by atoms with Gasteiger partial charge in [-0.25, -0.2) is 4.39 Å². The van der Waals surface area contributed by atoms with Gasteiger partial charge in [-0.3, -0.25) is 4.79 Å². The maximum Gasteiger partial charge on any atom is 0.150 e. The molecule has 0 saturated heterocycles. The molecule has 0 fully saturated rings. The number of carbonyl (C=O) groups is 1. The van der Waals surface area contributed by atoms with Crippen molar-refractivity contribution in [3.63, 3.8) is 0 Å². The Labute approximate surface area is 107 Å². The highest BCUT2D eigenvalue weighted by Crippen LogP contribution is 2.22. The fourth-order valence-corrected chi connectivity index (χ4v) is 2.19. The van der Waals surface area contributed by atoms with Gasteiger partial charge in [0.2, 0.25) is 0 Å². The molecule has 0 atom stereocenters. The van der Waals surface area contributed by atoms with Crippen molar-refractivity contribution in [1.82, 2.24) is 0 Å². The molecule has 0 bridgehead atoms. The number of anilines is 1. The van der Waals surface area contributed by atoms with Crippen LogP contribution in [0.3, 0.4) is 0 Å².